The maximum absolute atomic E-state index is 14.6. The Morgan fingerprint density at radius 2 is 1.94 bits per heavy atom. The number of hydrogen-bond donors (Lipinski definition) is 2. The van der Waals surface area contributed by atoms with Crippen LogP contribution in [0.15, 0.2) is 54.6 Å². The fourth-order valence-corrected chi connectivity index (χ4v) is 4.57. The Balaban J connectivity index is 1.90. The monoisotopic (exact) mass is 453 g/mol. The van der Waals surface area contributed by atoms with E-state index in [0.717, 1.165) is 0 Å². The van der Waals surface area contributed by atoms with Crippen molar-refractivity contribution in [3.8, 4) is 5.88 Å². The van der Waals surface area contributed by atoms with E-state index in [9.17, 15) is 19.1 Å². The predicted molar refractivity (Wildman–Crippen MR) is 118 cm³/mol. The van der Waals surface area contributed by atoms with Gasteiger partial charge in [-0.15, -0.1) is 0 Å². The van der Waals surface area contributed by atoms with Crippen molar-refractivity contribution in [2.24, 2.45) is 5.73 Å². The van der Waals surface area contributed by atoms with Gasteiger partial charge in [-0.2, -0.15) is 0 Å². The predicted octanol–water partition coefficient (Wildman–Crippen LogP) is 4.24. The highest BCUT2D eigenvalue weighted by Gasteiger charge is 2.40. The zero-order chi connectivity index (χ0) is 23.0. The maximum atomic E-state index is 14.6. The third-order valence-electron chi connectivity index (χ3n) is 5.76. The molecule has 164 valence electrons. The third-order valence-corrected chi connectivity index (χ3v) is 5.97. The van der Waals surface area contributed by atoms with Crippen molar-refractivity contribution in [1.29, 1.82) is 0 Å². The number of halogens is 2. The molecule has 0 bridgehead atoms. The number of carbonyl (C=O) groups is 2. The summed E-state index contributed by atoms with van der Waals surface area (Å²) in [5.41, 5.74) is 7.87. The van der Waals surface area contributed by atoms with E-state index in [1.807, 2.05) is 0 Å². The van der Waals surface area contributed by atoms with Crippen molar-refractivity contribution in [1.82, 2.24) is 9.88 Å². The lowest BCUT2D eigenvalue weighted by Gasteiger charge is -2.36. The standard InChI is InChI=1S/C24H21ClFN3O3/c1-13-16(8-10-21(30)28-13)24(32)29(22(23(27)31)14-5-3-2-4-6-14)20-9-7-17-18(20)11-15(25)12-19(17)26/h2-6,8,10-12,20,22H,7,9H2,1H3,(H2,27,31)(H,28,30)/t20-,22-/m1/s1. The van der Waals surface area contributed by atoms with Gasteiger partial charge in [-0.1, -0.05) is 41.9 Å². The minimum absolute atomic E-state index is 0.207. The Morgan fingerprint density at radius 1 is 1.22 bits per heavy atom. The molecule has 1 aliphatic rings. The van der Waals surface area contributed by atoms with Gasteiger partial charge >= 0.3 is 0 Å². The Labute approximate surface area is 189 Å². The second-order valence-electron chi connectivity index (χ2n) is 7.74. The van der Waals surface area contributed by atoms with Crippen LogP contribution in [0, 0.1) is 12.7 Å². The molecule has 32 heavy (non-hydrogen) atoms. The number of aromatic hydroxyl groups is 1. The fraction of sp³-hybridized carbons (Fsp3) is 0.208. The lowest BCUT2D eigenvalue weighted by Crippen LogP contribution is -2.43. The lowest BCUT2D eigenvalue weighted by molar-refractivity contribution is -0.123. The second kappa shape index (κ2) is 8.59. The van der Waals surface area contributed by atoms with Gasteiger partial charge in [0.05, 0.1) is 17.3 Å². The summed E-state index contributed by atoms with van der Waals surface area (Å²) in [5.74, 6) is -1.88. The molecular formula is C24H21ClFN3O3. The maximum Gasteiger partial charge on any atom is 0.257 e. The van der Waals surface area contributed by atoms with Gasteiger partial charge in [-0.05, 0) is 54.7 Å². The molecule has 0 radical (unpaired) electrons. The molecule has 0 saturated heterocycles. The van der Waals surface area contributed by atoms with Crippen LogP contribution < -0.4 is 5.73 Å². The molecule has 0 saturated carbocycles. The number of nitrogens with zero attached hydrogens (tertiary/aromatic N) is 2. The van der Waals surface area contributed by atoms with E-state index in [4.69, 9.17) is 17.3 Å². The molecule has 4 rings (SSSR count). The quantitative estimate of drug-likeness (QED) is 0.603. The van der Waals surface area contributed by atoms with Crippen LogP contribution in [-0.4, -0.2) is 26.8 Å². The summed E-state index contributed by atoms with van der Waals surface area (Å²) in [5, 5.41) is 9.88. The van der Waals surface area contributed by atoms with Gasteiger partial charge in [0.25, 0.3) is 5.91 Å². The van der Waals surface area contributed by atoms with Crippen LogP contribution in [0.5, 0.6) is 5.88 Å². The highest BCUT2D eigenvalue weighted by atomic mass is 35.5. The average molecular weight is 454 g/mol. The number of hydrogen-bond acceptors (Lipinski definition) is 4. The molecule has 1 aliphatic carbocycles. The fourth-order valence-electron chi connectivity index (χ4n) is 4.36. The van der Waals surface area contributed by atoms with Crippen LogP contribution in [0.4, 0.5) is 4.39 Å². The first kappa shape index (κ1) is 21.8. The normalized spacial score (nSPS) is 15.8. The summed E-state index contributed by atoms with van der Waals surface area (Å²) in [7, 11) is 0. The molecular weight excluding hydrogens is 433 g/mol. The first-order chi connectivity index (χ1) is 15.3. The third kappa shape index (κ3) is 3.91. The van der Waals surface area contributed by atoms with Crippen molar-refractivity contribution in [2.75, 3.05) is 0 Å². The largest absolute Gasteiger partial charge is 0.493 e. The number of aromatic nitrogens is 1. The van der Waals surface area contributed by atoms with Crippen LogP contribution in [0.2, 0.25) is 5.02 Å². The molecule has 1 aromatic heterocycles. The minimum atomic E-state index is -1.10. The first-order valence-electron chi connectivity index (χ1n) is 10.1. The van der Waals surface area contributed by atoms with Gasteiger partial charge in [-0.3, -0.25) is 9.59 Å². The van der Waals surface area contributed by atoms with E-state index in [2.05, 4.69) is 4.98 Å². The van der Waals surface area contributed by atoms with Crippen molar-refractivity contribution in [2.45, 2.75) is 31.8 Å². The molecule has 0 spiro atoms. The van der Waals surface area contributed by atoms with E-state index < -0.39 is 29.7 Å². The van der Waals surface area contributed by atoms with E-state index in [1.54, 1.807) is 43.3 Å². The summed E-state index contributed by atoms with van der Waals surface area (Å²) < 4.78 is 14.6. The van der Waals surface area contributed by atoms with Gasteiger partial charge in [0.2, 0.25) is 11.8 Å². The zero-order valence-electron chi connectivity index (χ0n) is 17.3. The number of rotatable bonds is 5. The second-order valence-corrected chi connectivity index (χ2v) is 8.18. The molecule has 8 heteroatoms. The van der Waals surface area contributed by atoms with Gasteiger partial charge in [0, 0.05) is 11.1 Å². The summed E-state index contributed by atoms with van der Waals surface area (Å²) in [6, 6.07) is 12.6. The Bertz CT molecular complexity index is 1200. The van der Waals surface area contributed by atoms with Gasteiger partial charge in [-0.25, -0.2) is 9.37 Å². The molecule has 3 aromatic rings. The van der Waals surface area contributed by atoms with Crippen molar-refractivity contribution >= 4 is 23.4 Å². The lowest BCUT2D eigenvalue weighted by atomic mass is 9.97. The number of aryl methyl sites for hydroxylation is 1. The first-order valence-corrected chi connectivity index (χ1v) is 10.5. The van der Waals surface area contributed by atoms with E-state index in [0.29, 0.717) is 35.2 Å². The Hall–Kier alpha value is -3.45. The van der Waals surface area contributed by atoms with Crippen molar-refractivity contribution in [3.63, 3.8) is 0 Å². The molecule has 3 N–H and O–H groups in total. The molecule has 0 unspecified atom stereocenters. The molecule has 0 aliphatic heterocycles. The molecule has 2 amide bonds. The zero-order valence-corrected chi connectivity index (χ0v) is 18.0. The van der Waals surface area contributed by atoms with E-state index in [-0.39, 0.29) is 16.5 Å². The Kier molecular flexibility index (Phi) is 5.84. The summed E-state index contributed by atoms with van der Waals surface area (Å²) in [6.07, 6.45) is 0.791. The van der Waals surface area contributed by atoms with Crippen molar-refractivity contribution < 1.29 is 19.1 Å². The molecule has 1 heterocycles. The van der Waals surface area contributed by atoms with Crippen LogP contribution in [-0.2, 0) is 11.2 Å². The van der Waals surface area contributed by atoms with Gasteiger partial charge < -0.3 is 15.7 Å². The number of carbonyl (C=O) groups excluding carboxylic acids is 2. The summed E-state index contributed by atoms with van der Waals surface area (Å²) >= 11 is 6.12. The van der Waals surface area contributed by atoms with Gasteiger partial charge in [0.1, 0.15) is 11.9 Å². The number of benzene rings is 2. The highest BCUT2D eigenvalue weighted by molar-refractivity contribution is 6.30. The SMILES string of the molecule is Cc1nc(O)ccc1C(=O)N([C@@H]1CCc2c(F)cc(Cl)cc21)[C@@H](C(N)=O)c1ccccc1. The van der Waals surface area contributed by atoms with E-state index in [1.165, 1.54) is 23.1 Å². The van der Waals surface area contributed by atoms with Crippen LogP contribution in [0.25, 0.3) is 0 Å². The van der Waals surface area contributed by atoms with E-state index >= 15 is 0 Å². The van der Waals surface area contributed by atoms with Crippen LogP contribution >= 0.6 is 11.6 Å². The topological polar surface area (TPSA) is 96.5 Å². The van der Waals surface area contributed by atoms with Gasteiger partial charge in [0.15, 0.2) is 0 Å². The molecule has 2 atom stereocenters. The van der Waals surface area contributed by atoms with Crippen LogP contribution in [0.1, 0.15) is 51.2 Å². The number of amides is 2. The number of nitrogens with two attached hydrogens (primary N) is 1. The Morgan fingerprint density at radius 3 is 2.59 bits per heavy atom. The summed E-state index contributed by atoms with van der Waals surface area (Å²) in [6.45, 7) is 1.59. The molecule has 0 fully saturated rings. The molecule has 6 nitrogen and oxygen atoms in total. The number of fused-ring (bicyclic) bond motifs is 1. The number of primary amides is 1. The average Bonchev–Trinajstić information content (AvgIpc) is 3.15. The van der Waals surface area contributed by atoms with Crippen molar-refractivity contribution in [3.05, 3.63) is 93.4 Å². The molecule has 2 aromatic carbocycles. The highest BCUT2D eigenvalue weighted by Crippen LogP contribution is 2.43. The number of pyridine rings is 1. The summed E-state index contributed by atoms with van der Waals surface area (Å²) in [4.78, 5) is 31.9. The smallest absolute Gasteiger partial charge is 0.257 e. The minimum Gasteiger partial charge on any atom is -0.493 e. The van der Waals surface area contributed by atoms with Crippen LogP contribution in [0.3, 0.4) is 0 Å².